The molecule has 6 nitrogen and oxygen atoms in total. The van der Waals surface area contributed by atoms with Crippen LogP contribution in [0.2, 0.25) is 0 Å². The Labute approximate surface area is 220 Å². The van der Waals surface area contributed by atoms with E-state index in [1.807, 2.05) is 95.7 Å². The van der Waals surface area contributed by atoms with Crippen LogP contribution in [0.4, 0.5) is 0 Å². The fourth-order valence-corrected chi connectivity index (χ4v) is 5.25. The SMILES string of the molecule is Cc1nc2sccn2c1C(=O)NC[C@H](CCc1ccccc1)NC(=O)c1ccccc1-c1ccccc1. The number of thiazole rings is 1. The van der Waals surface area contributed by atoms with Crippen molar-refractivity contribution in [3.8, 4) is 11.1 Å². The minimum Gasteiger partial charge on any atom is -0.349 e. The van der Waals surface area contributed by atoms with Crippen LogP contribution in [-0.4, -0.2) is 33.8 Å². The Balaban J connectivity index is 1.34. The van der Waals surface area contributed by atoms with Crippen LogP contribution in [0.15, 0.2) is 96.5 Å². The number of hydrogen-bond donors (Lipinski definition) is 2. The fourth-order valence-electron chi connectivity index (χ4n) is 4.49. The summed E-state index contributed by atoms with van der Waals surface area (Å²) in [6.07, 6.45) is 3.31. The molecule has 0 aliphatic heterocycles. The molecule has 0 saturated carbocycles. The highest BCUT2D eigenvalue weighted by atomic mass is 32.1. The molecule has 3 aromatic carbocycles. The molecule has 0 fully saturated rings. The van der Waals surface area contributed by atoms with Gasteiger partial charge in [0.15, 0.2) is 4.96 Å². The largest absolute Gasteiger partial charge is 0.349 e. The van der Waals surface area contributed by atoms with Crippen molar-refractivity contribution in [2.75, 3.05) is 6.54 Å². The number of amides is 2. The first-order valence-corrected chi connectivity index (χ1v) is 13.2. The normalized spacial score (nSPS) is 11.8. The number of imidazole rings is 1. The number of aryl methyl sites for hydroxylation is 2. The summed E-state index contributed by atoms with van der Waals surface area (Å²) in [5.74, 6) is -0.362. The third kappa shape index (κ3) is 5.62. The maximum atomic E-state index is 13.5. The van der Waals surface area contributed by atoms with Gasteiger partial charge in [0.05, 0.1) is 5.69 Å². The van der Waals surface area contributed by atoms with Gasteiger partial charge in [0.1, 0.15) is 5.69 Å². The molecule has 7 heteroatoms. The highest BCUT2D eigenvalue weighted by molar-refractivity contribution is 7.15. The average Bonchev–Trinajstić information content (AvgIpc) is 3.51. The van der Waals surface area contributed by atoms with E-state index >= 15 is 0 Å². The van der Waals surface area contributed by atoms with Gasteiger partial charge >= 0.3 is 0 Å². The number of rotatable bonds is 9. The Morgan fingerprint density at radius 2 is 1.62 bits per heavy atom. The molecule has 1 atom stereocenters. The number of carbonyl (C=O) groups is 2. The number of aromatic nitrogens is 2. The number of hydrogen-bond acceptors (Lipinski definition) is 4. The van der Waals surface area contributed by atoms with Crippen LogP contribution < -0.4 is 10.6 Å². The van der Waals surface area contributed by atoms with E-state index in [4.69, 9.17) is 0 Å². The van der Waals surface area contributed by atoms with Crippen molar-refractivity contribution in [1.82, 2.24) is 20.0 Å². The van der Waals surface area contributed by atoms with Crippen molar-refractivity contribution in [3.63, 3.8) is 0 Å². The van der Waals surface area contributed by atoms with Gasteiger partial charge in [-0.15, -0.1) is 11.3 Å². The van der Waals surface area contributed by atoms with Crippen LogP contribution in [0.1, 0.15) is 38.5 Å². The zero-order valence-corrected chi connectivity index (χ0v) is 21.4. The molecule has 2 heterocycles. The van der Waals surface area contributed by atoms with Gasteiger partial charge in [0.25, 0.3) is 11.8 Å². The molecule has 5 aromatic rings. The quantitative estimate of drug-likeness (QED) is 0.275. The van der Waals surface area contributed by atoms with Gasteiger partial charge in [-0.05, 0) is 42.5 Å². The Bertz CT molecular complexity index is 1510. The summed E-state index contributed by atoms with van der Waals surface area (Å²) in [6, 6.07) is 27.4. The summed E-state index contributed by atoms with van der Waals surface area (Å²) in [5, 5.41) is 8.13. The summed E-state index contributed by atoms with van der Waals surface area (Å²) in [7, 11) is 0. The van der Waals surface area contributed by atoms with Crippen molar-refractivity contribution in [2.24, 2.45) is 0 Å². The maximum Gasteiger partial charge on any atom is 0.270 e. The third-order valence-electron chi connectivity index (χ3n) is 6.38. The van der Waals surface area contributed by atoms with Gasteiger partial charge in [-0.2, -0.15) is 0 Å². The van der Waals surface area contributed by atoms with Crippen LogP contribution in [0, 0.1) is 6.92 Å². The molecule has 0 unspecified atom stereocenters. The smallest absolute Gasteiger partial charge is 0.270 e. The lowest BCUT2D eigenvalue weighted by Gasteiger charge is -2.21. The van der Waals surface area contributed by atoms with E-state index in [0.29, 0.717) is 29.9 Å². The first-order chi connectivity index (χ1) is 18.1. The van der Waals surface area contributed by atoms with E-state index in [2.05, 4.69) is 27.8 Å². The summed E-state index contributed by atoms with van der Waals surface area (Å²) in [4.78, 5) is 31.9. The van der Waals surface area contributed by atoms with E-state index in [-0.39, 0.29) is 17.9 Å². The molecule has 0 saturated heterocycles. The molecule has 0 aliphatic rings. The van der Waals surface area contributed by atoms with Gasteiger partial charge in [-0.3, -0.25) is 14.0 Å². The van der Waals surface area contributed by atoms with Crippen LogP contribution in [0.25, 0.3) is 16.1 Å². The Hall–Kier alpha value is -4.23. The fraction of sp³-hybridized carbons (Fsp3) is 0.167. The van der Waals surface area contributed by atoms with Crippen LogP contribution in [0.3, 0.4) is 0 Å². The van der Waals surface area contributed by atoms with Gasteiger partial charge in [-0.1, -0.05) is 78.9 Å². The highest BCUT2D eigenvalue weighted by Crippen LogP contribution is 2.23. The summed E-state index contributed by atoms with van der Waals surface area (Å²) < 4.78 is 1.81. The molecule has 37 heavy (non-hydrogen) atoms. The molecule has 186 valence electrons. The molecule has 2 N–H and O–H groups in total. The van der Waals surface area contributed by atoms with Crippen molar-refractivity contribution < 1.29 is 9.59 Å². The van der Waals surface area contributed by atoms with E-state index in [1.54, 1.807) is 0 Å². The van der Waals surface area contributed by atoms with E-state index in [0.717, 1.165) is 22.5 Å². The van der Waals surface area contributed by atoms with Crippen molar-refractivity contribution in [3.05, 3.63) is 119 Å². The minimum absolute atomic E-state index is 0.160. The van der Waals surface area contributed by atoms with Crippen LogP contribution in [-0.2, 0) is 6.42 Å². The molecule has 0 bridgehead atoms. The minimum atomic E-state index is -0.258. The third-order valence-corrected chi connectivity index (χ3v) is 7.13. The van der Waals surface area contributed by atoms with Crippen molar-refractivity contribution in [2.45, 2.75) is 25.8 Å². The van der Waals surface area contributed by atoms with E-state index in [9.17, 15) is 9.59 Å². The zero-order chi connectivity index (χ0) is 25.6. The Morgan fingerprint density at radius 1 is 0.919 bits per heavy atom. The summed E-state index contributed by atoms with van der Waals surface area (Å²) in [6.45, 7) is 2.14. The first kappa shape index (κ1) is 24.5. The standard InChI is InChI=1S/C30H28N4O2S/c1-21-27(34-18-19-37-30(34)32-21)29(36)31-20-24(17-16-22-10-4-2-5-11-22)33-28(35)26-15-9-8-14-25(26)23-12-6-3-7-13-23/h2-15,18-19,24H,16-17,20H2,1H3,(H,31,36)(H,33,35)/t24-/m0/s1. The topological polar surface area (TPSA) is 75.5 Å². The molecule has 0 radical (unpaired) electrons. The van der Waals surface area contributed by atoms with Crippen LogP contribution in [0.5, 0.6) is 0 Å². The molecule has 0 spiro atoms. The lowest BCUT2D eigenvalue weighted by atomic mass is 9.98. The van der Waals surface area contributed by atoms with E-state index < -0.39 is 0 Å². The maximum absolute atomic E-state index is 13.5. The lowest BCUT2D eigenvalue weighted by Crippen LogP contribution is -2.44. The number of fused-ring (bicyclic) bond motifs is 1. The van der Waals surface area contributed by atoms with Crippen LogP contribution >= 0.6 is 11.3 Å². The first-order valence-electron chi connectivity index (χ1n) is 12.3. The van der Waals surface area contributed by atoms with Gasteiger partial charge in [-0.25, -0.2) is 4.98 Å². The predicted molar refractivity (Wildman–Crippen MR) is 148 cm³/mol. The summed E-state index contributed by atoms with van der Waals surface area (Å²) in [5.41, 5.74) is 4.87. The number of nitrogens with zero attached hydrogens (tertiary/aromatic N) is 2. The molecular formula is C30H28N4O2S. The second kappa shape index (κ2) is 11.2. The number of carbonyl (C=O) groups excluding carboxylic acids is 2. The van der Waals surface area contributed by atoms with E-state index in [1.165, 1.54) is 16.9 Å². The molecular weight excluding hydrogens is 480 g/mol. The molecule has 5 rings (SSSR count). The zero-order valence-electron chi connectivity index (χ0n) is 20.6. The van der Waals surface area contributed by atoms with Crippen molar-refractivity contribution >= 4 is 28.1 Å². The van der Waals surface area contributed by atoms with Gasteiger partial charge in [0, 0.05) is 29.7 Å². The molecule has 0 aliphatic carbocycles. The molecule has 2 aromatic heterocycles. The van der Waals surface area contributed by atoms with Crippen molar-refractivity contribution in [1.29, 1.82) is 0 Å². The number of benzene rings is 3. The average molecular weight is 509 g/mol. The second-order valence-corrected chi connectivity index (χ2v) is 9.79. The monoisotopic (exact) mass is 508 g/mol. The Morgan fingerprint density at radius 3 is 2.41 bits per heavy atom. The predicted octanol–water partition coefficient (Wildman–Crippen LogP) is 5.53. The van der Waals surface area contributed by atoms with Gasteiger partial charge < -0.3 is 10.6 Å². The Kier molecular flexibility index (Phi) is 7.42. The number of nitrogens with one attached hydrogen (secondary N) is 2. The summed E-state index contributed by atoms with van der Waals surface area (Å²) >= 11 is 1.49. The highest BCUT2D eigenvalue weighted by Gasteiger charge is 2.21. The lowest BCUT2D eigenvalue weighted by molar-refractivity contribution is 0.0904. The second-order valence-electron chi connectivity index (χ2n) is 8.92. The molecule has 2 amide bonds. The van der Waals surface area contributed by atoms with Gasteiger partial charge in [0.2, 0.25) is 0 Å².